The van der Waals surface area contributed by atoms with Crippen molar-refractivity contribution in [2.24, 2.45) is 57.3 Å². The molecule has 0 aromatic rings. The van der Waals surface area contributed by atoms with E-state index >= 15 is 0 Å². The summed E-state index contributed by atoms with van der Waals surface area (Å²) in [5.41, 5.74) is 27.2. The molecule has 0 aliphatic carbocycles. The molecule has 0 unspecified atom stereocenters. The summed E-state index contributed by atoms with van der Waals surface area (Å²) in [6, 6.07) is -20.4. The third-order valence-corrected chi connectivity index (χ3v) is 15.5. The average Bonchev–Trinajstić information content (AvgIpc) is 0.854. The standard InChI is InChI=1S/C61H106N18O22/c1-10-30(7)47(58(98)72-35(60(100)101)15-12-13-19-62)79-59(99)48(31(8)11-2)78-56(96)40(25-46(87)88)75-51(91)34(17-18-44(83)84)71-55(95)39(24-45(85)86)76-53(93)37(22-29(5)6)73-54(94)38(23-42(64)81)74-57(97)41(27-80)77-50(90)33(16-14-20-67-61(65)66)70-49(89)32(9)68-52(92)36(21-28(3)4)69-43(82)26-63/h28-41,47-48,80H,10-27,62-63H2,1-9H3,(H2,64,81)(H,68,92)(H,69,82)(H,70,89)(H,71,95)(H,72,98)(H,73,94)(H,74,97)(H,75,91)(H,76,93)(H,77,90)(H,78,96)(H,79,99)(H,83,84)(H,85,86)(H,87,88)(H,100,101)(H4,65,66,67)/t30-,31-,32-,33-,34-,35-,36-,37-,38-,39-,40-,41-,47-,48-/m0/s1. The molecule has 0 spiro atoms. The summed E-state index contributed by atoms with van der Waals surface area (Å²) in [6.07, 6.45) is -4.35. The van der Waals surface area contributed by atoms with Gasteiger partial charge in [-0.3, -0.25) is 81.7 Å². The van der Waals surface area contributed by atoms with Crippen molar-refractivity contribution < 1.29 is 107 Å². The second-order valence-electron chi connectivity index (χ2n) is 25.1. The van der Waals surface area contributed by atoms with Crippen molar-refractivity contribution in [2.75, 3.05) is 26.2 Å². The van der Waals surface area contributed by atoms with E-state index in [-0.39, 0.29) is 69.9 Å². The number of aliphatic carboxylic acids is 4. The minimum absolute atomic E-state index is 0.0110. The fourth-order valence-electron chi connectivity index (χ4n) is 9.56. The Bertz CT molecular complexity index is 2900. The molecule has 0 aromatic heterocycles. The van der Waals surface area contributed by atoms with Crippen molar-refractivity contribution in [3.05, 3.63) is 0 Å². The largest absolute Gasteiger partial charge is 0.481 e. The molecule has 13 amide bonds. The molecule has 101 heavy (non-hydrogen) atoms. The number of guanidine groups is 1. The van der Waals surface area contributed by atoms with Crippen LogP contribution in [-0.2, 0) is 81.5 Å². The zero-order valence-electron chi connectivity index (χ0n) is 58.5. The molecule has 27 N–H and O–H groups in total. The lowest BCUT2D eigenvalue weighted by Crippen LogP contribution is -2.62. The molecule has 0 aliphatic rings. The number of carbonyl (C=O) groups is 17. The van der Waals surface area contributed by atoms with E-state index in [1.54, 1.807) is 48.5 Å². The average molecular weight is 1440 g/mol. The van der Waals surface area contributed by atoms with Gasteiger partial charge in [0.05, 0.1) is 32.4 Å². The number of nitrogens with two attached hydrogens (primary N) is 5. The monoisotopic (exact) mass is 1440 g/mol. The number of unbranched alkanes of at least 4 members (excludes halogenated alkanes) is 1. The molecular weight excluding hydrogens is 1340 g/mol. The lowest BCUT2D eigenvalue weighted by Gasteiger charge is -2.30. The van der Waals surface area contributed by atoms with E-state index in [9.17, 15) is 107 Å². The van der Waals surface area contributed by atoms with Crippen molar-refractivity contribution in [2.45, 2.75) is 225 Å². The summed E-state index contributed by atoms with van der Waals surface area (Å²) in [7, 11) is 0. The van der Waals surface area contributed by atoms with Gasteiger partial charge in [0.2, 0.25) is 76.8 Å². The maximum atomic E-state index is 14.2. The van der Waals surface area contributed by atoms with Crippen LogP contribution in [0.5, 0.6) is 0 Å². The number of primary amides is 1. The number of hydrogen-bond acceptors (Lipinski definition) is 21. The van der Waals surface area contributed by atoms with Crippen molar-refractivity contribution in [1.29, 1.82) is 0 Å². The number of carboxylic acids is 4. The number of rotatable bonds is 51. The van der Waals surface area contributed by atoms with Gasteiger partial charge in [-0.25, -0.2) is 4.79 Å². The second-order valence-corrected chi connectivity index (χ2v) is 25.1. The Hall–Kier alpha value is -9.86. The van der Waals surface area contributed by atoms with E-state index in [4.69, 9.17) is 28.7 Å². The van der Waals surface area contributed by atoms with Crippen LogP contribution in [0.2, 0.25) is 0 Å². The number of nitrogens with one attached hydrogen (secondary N) is 12. The number of aliphatic imine (C=N–C) groups is 1. The quantitative estimate of drug-likeness (QED) is 0.0153. The molecule has 0 aromatic carbocycles. The summed E-state index contributed by atoms with van der Waals surface area (Å²) in [5.74, 6) is -23.5. The summed E-state index contributed by atoms with van der Waals surface area (Å²) in [5, 5.41) is 77.3. The van der Waals surface area contributed by atoms with Crippen LogP contribution in [-0.4, -0.2) is 231 Å². The van der Waals surface area contributed by atoms with Crippen LogP contribution in [0.3, 0.4) is 0 Å². The molecule has 0 radical (unpaired) electrons. The Kier molecular flexibility index (Phi) is 42.6. The SMILES string of the molecule is CC[C@H](C)[C@H](NC(=O)[C@H](CC(=O)O)NC(=O)[C@H](CCC(=O)O)NC(=O)[C@H](CC(=O)O)NC(=O)[C@H](CC(C)C)NC(=O)[C@H](CC(N)=O)NC(=O)[C@H](CO)NC(=O)[C@H](CCCN=C(N)N)NC(=O)[C@H](C)NC(=O)[C@H](CC(C)C)NC(=O)CN)C(=O)N[C@H](C(=O)N[C@@H](CCCCN)C(=O)O)[C@@H](C)CC. The first-order chi connectivity index (χ1) is 47.2. The molecule has 40 nitrogen and oxygen atoms in total. The van der Waals surface area contributed by atoms with Crippen LogP contribution in [0.25, 0.3) is 0 Å². The number of aliphatic hydroxyl groups excluding tert-OH is 1. The van der Waals surface area contributed by atoms with Crippen LogP contribution in [0.15, 0.2) is 4.99 Å². The number of hydrogen-bond donors (Lipinski definition) is 22. The highest BCUT2D eigenvalue weighted by Gasteiger charge is 2.39. The summed E-state index contributed by atoms with van der Waals surface area (Å²) < 4.78 is 0. The smallest absolute Gasteiger partial charge is 0.326 e. The van der Waals surface area contributed by atoms with Crippen LogP contribution < -0.4 is 92.5 Å². The van der Waals surface area contributed by atoms with Crippen LogP contribution in [0.1, 0.15) is 152 Å². The van der Waals surface area contributed by atoms with Gasteiger partial charge in [0, 0.05) is 13.0 Å². The van der Waals surface area contributed by atoms with Crippen molar-refractivity contribution in [3.8, 4) is 0 Å². The number of amides is 13. The van der Waals surface area contributed by atoms with Crippen molar-refractivity contribution in [1.82, 2.24) is 63.8 Å². The summed E-state index contributed by atoms with van der Waals surface area (Å²) >= 11 is 0. The van der Waals surface area contributed by atoms with E-state index in [1.807, 2.05) is 0 Å². The van der Waals surface area contributed by atoms with Gasteiger partial charge in [0.15, 0.2) is 5.96 Å². The Morgan fingerprint density at radius 3 is 1.18 bits per heavy atom. The molecule has 572 valence electrons. The first-order valence-electron chi connectivity index (χ1n) is 33.0. The molecular formula is C61H106N18O22. The number of carbonyl (C=O) groups excluding carboxylic acids is 13. The van der Waals surface area contributed by atoms with Gasteiger partial charge in [-0.15, -0.1) is 0 Å². The molecule has 14 atom stereocenters. The van der Waals surface area contributed by atoms with Crippen molar-refractivity contribution >= 4 is 107 Å². The van der Waals surface area contributed by atoms with Gasteiger partial charge in [0.25, 0.3) is 0 Å². The lowest BCUT2D eigenvalue weighted by atomic mass is 9.94. The Morgan fingerprint density at radius 2 is 0.752 bits per heavy atom. The molecule has 40 heteroatoms. The van der Waals surface area contributed by atoms with Crippen molar-refractivity contribution in [3.63, 3.8) is 0 Å². The Morgan fingerprint density at radius 1 is 0.386 bits per heavy atom. The fourth-order valence-corrected chi connectivity index (χ4v) is 9.56. The highest BCUT2D eigenvalue weighted by molar-refractivity contribution is 6.01. The van der Waals surface area contributed by atoms with Gasteiger partial charge in [0.1, 0.15) is 72.5 Å². The minimum atomic E-state index is -2.19. The molecule has 0 heterocycles. The number of aliphatic hydroxyl groups is 1. The molecule has 0 fully saturated rings. The Balaban J connectivity index is 7.01. The van der Waals surface area contributed by atoms with Crippen LogP contribution >= 0.6 is 0 Å². The minimum Gasteiger partial charge on any atom is -0.481 e. The second kappa shape index (κ2) is 47.2. The summed E-state index contributed by atoms with van der Waals surface area (Å²) in [4.78, 5) is 229. The van der Waals surface area contributed by atoms with E-state index in [2.05, 4.69) is 68.8 Å². The first kappa shape index (κ1) is 91.1. The van der Waals surface area contributed by atoms with E-state index in [0.29, 0.717) is 12.8 Å². The van der Waals surface area contributed by atoms with E-state index in [0.717, 1.165) is 0 Å². The fraction of sp³-hybridized carbons (Fsp3) is 0.705. The third-order valence-electron chi connectivity index (χ3n) is 15.5. The third kappa shape index (κ3) is 36.2. The van der Waals surface area contributed by atoms with Gasteiger partial charge in [-0.2, -0.15) is 0 Å². The number of nitrogens with zero attached hydrogens (tertiary/aromatic N) is 1. The lowest BCUT2D eigenvalue weighted by molar-refractivity contribution is -0.143. The zero-order valence-corrected chi connectivity index (χ0v) is 58.5. The topological polar surface area (TPSA) is 678 Å². The highest BCUT2D eigenvalue weighted by atomic mass is 16.4. The number of carboxylic acid groups (broad SMARTS) is 4. The maximum absolute atomic E-state index is 14.2. The van der Waals surface area contributed by atoms with E-state index in [1.165, 1.54) is 13.8 Å². The molecule has 0 rings (SSSR count). The van der Waals surface area contributed by atoms with Gasteiger partial charge >= 0.3 is 23.9 Å². The van der Waals surface area contributed by atoms with Gasteiger partial charge < -0.3 is 118 Å². The summed E-state index contributed by atoms with van der Waals surface area (Å²) in [6.45, 7) is 12.9. The highest BCUT2D eigenvalue weighted by Crippen LogP contribution is 2.16. The van der Waals surface area contributed by atoms with E-state index < -0.39 is 236 Å². The maximum Gasteiger partial charge on any atom is 0.326 e. The Labute approximate surface area is 584 Å². The predicted octanol–water partition coefficient (Wildman–Crippen LogP) is -7.08. The molecule has 0 aliphatic heterocycles. The zero-order chi connectivity index (χ0) is 77.6. The molecule has 0 saturated carbocycles. The van der Waals surface area contributed by atoms with Gasteiger partial charge in [-0.05, 0) is 88.5 Å². The predicted molar refractivity (Wildman–Crippen MR) is 358 cm³/mol. The normalized spacial score (nSPS) is 15.2. The first-order valence-corrected chi connectivity index (χ1v) is 33.0. The van der Waals surface area contributed by atoms with Crippen LogP contribution in [0.4, 0.5) is 0 Å². The molecule has 0 bridgehead atoms. The van der Waals surface area contributed by atoms with Crippen LogP contribution in [0, 0.1) is 23.7 Å². The molecule has 0 saturated heterocycles. The van der Waals surface area contributed by atoms with Gasteiger partial charge in [-0.1, -0.05) is 68.2 Å².